The van der Waals surface area contributed by atoms with Gasteiger partial charge in [-0.1, -0.05) is 23.7 Å². The second kappa shape index (κ2) is 5.83. The summed E-state index contributed by atoms with van der Waals surface area (Å²) in [4.78, 5) is 4.29. The van der Waals surface area contributed by atoms with Crippen LogP contribution < -0.4 is 0 Å². The number of hydrogen-bond donors (Lipinski definition) is 1. The topological polar surface area (TPSA) is 33.1 Å². The minimum atomic E-state index is -0.577. The normalized spacial score (nSPS) is 12.4. The summed E-state index contributed by atoms with van der Waals surface area (Å²) in [5.41, 5.74) is 2.83. The highest BCUT2D eigenvalue weighted by atomic mass is 79.9. The summed E-state index contributed by atoms with van der Waals surface area (Å²) >= 11 is 9.29. The van der Waals surface area contributed by atoms with Crippen molar-refractivity contribution in [3.8, 4) is 0 Å². The molecule has 0 bridgehead atoms. The van der Waals surface area contributed by atoms with Crippen LogP contribution in [-0.4, -0.2) is 10.1 Å². The Labute approximate surface area is 120 Å². The Morgan fingerprint density at radius 2 is 2.17 bits per heavy atom. The van der Waals surface area contributed by atoms with Crippen LogP contribution in [0.5, 0.6) is 0 Å². The molecule has 1 heterocycles. The van der Waals surface area contributed by atoms with Crippen LogP contribution >= 0.6 is 27.5 Å². The van der Waals surface area contributed by atoms with Gasteiger partial charge in [0.2, 0.25) is 0 Å². The van der Waals surface area contributed by atoms with Crippen molar-refractivity contribution < 1.29 is 5.11 Å². The molecule has 0 saturated carbocycles. The van der Waals surface area contributed by atoms with Crippen molar-refractivity contribution in [3.63, 3.8) is 0 Å². The van der Waals surface area contributed by atoms with Crippen molar-refractivity contribution in [3.05, 3.63) is 62.8 Å². The lowest BCUT2D eigenvalue weighted by Gasteiger charge is -2.12. The number of aliphatic hydroxyl groups excluding tert-OH is 1. The fraction of sp³-hybridized carbons (Fsp3) is 0.214. The number of hydrogen-bond acceptors (Lipinski definition) is 2. The second-order valence-electron chi connectivity index (χ2n) is 4.16. The average Bonchev–Trinajstić information content (AvgIpc) is 2.35. The van der Waals surface area contributed by atoms with E-state index >= 15 is 0 Å². The molecule has 0 radical (unpaired) electrons. The van der Waals surface area contributed by atoms with Gasteiger partial charge in [0.15, 0.2) is 0 Å². The maximum absolute atomic E-state index is 10.2. The van der Waals surface area contributed by atoms with E-state index in [-0.39, 0.29) is 0 Å². The molecule has 1 aromatic heterocycles. The summed E-state index contributed by atoms with van der Waals surface area (Å²) in [5.74, 6) is 0. The number of halogens is 2. The molecule has 94 valence electrons. The predicted octanol–water partition coefficient (Wildman–Crippen LogP) is 4.08. The lowest BCUT2D eigenvalue weighted by Crippen LogP contribution is -2.05. The molecular weight excluding hydrogens is 314 g/mol. The van der Waals surface area contributed by atoms with Crippen LogP contribution in [0.1, 0.15) is 22.9 Å². The third kappa shape index (κ3) is 3.10. The zero-order valence-electron chi connectivity index (χ0n) is 9.90. The smallest absolute Gasteiger partial charge is 0.0845 e. The van der Waals surface area contributed by atoms with Gasteiger partial charge in [-0.3, -0.25) is 4.98 Å². The number of aromatic nitrogens is 1. The molecule has 0 fully saturated rings. The van der Waals surface area contributed by atoms with Crippen LogP contribution in [0.3, 0.4) is 0 Å². The van der Waals surface area contributed by atoms with Gasteiger partial charge >= 0.3 is 0 Å². The minimum absolute atomic E-state index is 0.501. The number of benzene rings is 1. The molecule has 0 amide bonds. The fourth-order valence-electron chi connectivity index (χ4n) is 1.75. The van der Waals surface area contributed by atoms with Gasteiger partial charge in [-0.15, -0.1) is 0 Å². The van der Waals surface area contributed by atoms with Gasteiger partial charge in [-0.2, -0.15) is 0 Å². The largest absolute Gasteiger partial charge is 0.388 e. The van der Waals surface area contributed by atoms with Crippen molar-refractivity contribution in [2.45, 2.75) is 19.4 Å². The Hall–Kier alpha value is -0.900. The molecule has 2 nitrogen and oxygen atoms in total. The third-order valence-electron chi connectivity index (χ3n) is 2.83. The number of nitrogens with zero attached hydrogens (tertiary/aromatic N) is 1. The van der Waals surface area contributed by atoms with Gasteiger partial charge in [-0.25, -0.2) is 0 Å². The standard InChI is InChI=1S/C14H13BrClNO/c1-9-3-2-6-17-13(9)8-14(18)10-4-5-12(16)11(15)7-10/h2-7,14,18H,8H2,1H3. The Balaban J connectivity index is 2.19. The highest BCUT2D eigenvalue weighted by molar-refractivity contribution is 9.10. The van der Waals surface area contributed by atoms with Gasteiger partial charge < -0.3 is 5.11 Å². The molecule has 0 aliphatic carbocycles. The molecule has 1 aromatic carbocycles. The Kier molecular flexibility index (Phi) is 4.38. The highest BCUT2D eigenvalue weighted by Crippen LogP contribution is 2.27. The first-order chi connectivity index (χ1) is 8.58. The number of aryl methyl sites for hydroxylation is 1. The summed E-state index contributed by atoms with van der Waals surface area (Å²) in [7, 11) is 0. The summed E-state index contributed by atoms with van der Waals surface area (Å²) in [6.45, 7) is 1.99. The summed E-state index contributed by atoms with van der Waals surface area (Å²) in [6, 6.07) is 9.33. The minimum Gasteiger partial charge on any atom is -0.388 e. The summed E-state index contributed by atoms with van der Waals surface area (Å²) in [5, 5.41) is 10.8. The Bertz CT molecular complexity index is 559. The molecule has 4 heteroatoms. The molecule has 0 spiro atoms. The monoisotopic (exact) mass is 325 g/mol. The van der Waals surface area contributed by atoms with Crippen molar-refractivity contribution in [2.24, 2.45) is 0 Å². The van der Waals surface area contributed by atoms with E-state index in [2.05, 4.69) is 20.9 Å². The quantitative estimate of drug-likeness (QED) is 0.922. The predicted molar refractivity (Wildman–Crippen MR) is 76.8 cm³/mol. The van der Waals surface area contributed by atoms with Crippen LogP contribution in [0.15, 0.2) is 41.0 Å². The van der Waals surface area contributed by atoms with Crippen molar-refractivity contribution >= 4 is 27.5 Å². The third-order valence-corrected chi connectivity index (χ3v) is 4.05. The number of pyridine rings is 1. The lowest BCUT2D eigenvalue weighted by atomic mass is 10.0. The molecule has 1 unspecified atom stereocenters. The van der Waals surface area contributed by atoms with Gasteiger partial charge in [0.05, 0.1) is 11.1 Å². The molecule has 0 aliphatic heterocycles. The van der Waals surface area contributed by atoms with Crippen LogP contribution in [-0.2, 0) is 6.42 Å². The van der Waals surface area contributed by atoms with Crippen LogP contribution in [0.25, 0.3) is 0 Å². The zero-order chi connectivity index (χ0) is 13.1. The summed E-state index contributed by atoms with van der Waals surface area (Å²) < 4.78 is 0.790. The maximum Gasteiger partial charge on any atom is 0.0845 e. The van der Waals surface area contributed by atoms with Crippen molar-refractivity contribution in [1.29, 1.82) is 0 Å². The van der Waals surface area contributed by atoms with E-state index in [1.165, 1.54) is 0 Å². The van der Waals surface area contributed by atoms with Gasteiger partial charge in [-0.05, 0) is 52.2 Å². The Morgan fingerprint density at radius 3 is 2.83 bits per heavy atom. The second-order valence-corrected chi connectivity index (χ2v) is 5.42. The molecule has 2 rings (SSSR count). The average molecular weight is 327 g/mol. The molecule has 1 N–H and O–H groups in total. The highest BCUT2D eigenvalue weighted by Gasteiger charge is 2.12. The van der Waals surface area contributed by atoms with Crippen LogP contribution in [0.2, 0.25) is 5.02 Å². The van der Waals surface area contributed by atoms with Gasteiger partial charge in [0, 0.05) is 22.8 Å². The first-order valence-electron chi connectivity index (χ1n) is 5.61. The van der Waals surface area contributed by atoms with Crippen molar-refractivity contribution in [2.75, 3.05) is 0 Å². The molecule has 0 saturated heterocycles. The van der Waals surface area contributed by atoms with E-state index in [0.29, 0.717) is 11.4 Å². The van der Waals surface area contributed by atoms with E-state index in [9.17, 15) is 5.11 Å². The van der Waals surface area contributed by atoms with Crippen LogP contribution in [0.4, 0.5) is 0 Å². The molecular formula is C14H13BrClNO. The fourth-order valence-corrected chi connectivity index (χ4v) is 2.27. The van der Waals surface area contributed by atoms with E-state index in [1.807, 2.05) is 31.2 Å². The zero-order valence-corrected chi connectivity index (χ0v) is 12.2. The number of aliphatic hydroxyl groups is 1. The maximum atomic E-state index is 10.2. The molecule has 18 heavy (non-hydrogen) atoms. The van der Waals surface area contributed by atoms with E-state index in [4.69, 9.17) is 11.6 Å². The molecule has 2 aromatic rings. The van der Waals surface area contributed by atoms with Crippen molar-refractivity contribution in [1.82, 2.24) is 4.98 Å². The SMILES string of the molecule is Cc1cccnc1CC(O)c1ccc(Cl)c(Br)c1. The number of rotatable bonds is 3. The first kappa shape index (κ1) is 13.5. The Morgan fingerprint density at radius 1 is 1.39 bits per heavy atom. The van der Waals surface area contributed by atoms with Gasteiger partial charge in [0.25, 0.3) is 0 Å². The molecule has 0 aliphatic rings. The summed E-state index contributed by atoms with van der Waals surface area (Å²) in [6.07, 6.45) is 1.67. The lowest BCUT2D eigenvalue weighted by molar-refractivity contribution is 0.177. The van der Waals surface area contributed by atoms with Gasteiger partial charge in [0.1, 0.15) is 0 Å². The van der Waals surface area contributed by atoms with E-state index in [1.54, 1.807) is 12.3 Å². The van der Waals surface area contributed by atoms with Crippen LogP contribution in [0, 0.1) is 6.92 Å². The molecule has 1 atom stereocenters. The first-order valence-corrected chi connectivity index (χ1v) is 6.78. The van der Waals surface area contributed by atoms with E-state index in [0.717, 1.165) is 21.3 Å². The van der Waals surface area contributed by atoms with E-state index < -0.39 is 6.10 Å².